The number of nitrogens with zero attached hydrogens (tertiary/aromatic N) is 4. The van der Waals surface area contributed by atoms with Crippen molar-refractivity contribution in [2.75, 3.05) is 7.05 Å². The minimum atomic E-state index is -0.295. The summed E-state index contributed by atoms with van der Waals surface area (Å²) in [5.41, 5.74) is 2.40. The Hall–Kier alpha value is -2.54. The first-order chi connectivity index (χ1) is 11.5. The number of aryl methyl sites for hydroxylation is 1. The summed E-state index contributed by atoms with van der Waals surface area (Å²) < 4.78 is 15.0. The maximum absolute atomic E-state index is 13.3. The number of carbonyl (C=O) groups is 1. The van der Waals surface area contributed by atoms with E-state index in [4.69, 9.17) is 0 Å². The maximum Gasteiger partial charge on any atom is 0.228 e. The number of thiazole rings is 1. The average Bonchev–Trinajstić information content (AvgIpc) is 3.16. The molecular formula is C17H17FN4OS. The summed E-state index contributed by atoms with van der Waals surface area (Å²) in [5, 5.41) is 6.65. The highest BCUT2D eigenvalue weighted by molar-refractivity contribution is 7.13. The zero-order valence-electron chi connectivity index (χ0n) is 13.4. The Labute approximate surface area is 143 Å². The second-order valence-electron chi connectivity index (χ2n) is 5.60. The smallest absolute Gasteiger partial charge is 0.228 e. The number of halogens is 1. The number of hydrogen-bond acceptors (Lipinski definition) is 4. The standard InChI is InChI=1S/C17H17FN4OS/c1-21(9-12-8-19-22(2)10-12)16(23)7-15-11-24-17(20-15)13-4-3-5-14(18)6-13/h3-6,8,10-11H,7,9H2,1-2H3. The van der Waals surface area contributed by atoms with Gasteiger partial charge in [0.15, 0.2) is 0 Å². The van der Waals surface area contributed by atoms with E-state index in [2.05, 4.69) is 10.1 Å². The average molecular weight is 344 g/mol. The molecule has 24 heavy (non-hydrogen) atoms. The van der Waals surface area contributed by atoms with E-state index in [-0.39, 0.29) is 18.1 Å². The van der Waals surface area contributed by atoms with Crippen molar-refractivity contribution in [1.82, 2.24) is 19.7 Å². The van der Waals surface area contributed by atoms with Crippen molar-refractivity contribution in [3.63, 3.8) is 0 Å². The Morgan fingerprint density at radius 2 is 2.25 bits per heavy atom. The lowest BCUT2D eigenvalue weighted by molar-refractivity contribution is -0.129. The van der Waals surface area contributed by atoms with Gasteiger partial charge in [-0.2, -0.15) is 5.10 Å². The summed E-state index contributed by atoms with van der Waals surface area (Å²) in [6.45, 7) is 0.508. The topological polar surface area (TPSA) is 51.0 Å². The quantitative estimate of drug-likeness (QED) is 0.715. The van der Waals surface area contributed by atoms with Crippen LogP contribution in [0.15, 0.2) is 42.0 Å². The molecule has 7 heteroatoms. The molecule has 2 heterocycles. The van der Waals surface area contributed by atoms with E-state index in [0.717, 1.165) is 11.1 Å². The predicted molar refractivity (Wildman–Crippen MR) is 90.9 cm³/mol. The summed E-state index contributed by atoms with van der Waals surface area (Å²) in [7, 11) is 3.60. The van der Waals surface area contributed by atoms with Gasteiger partial charge in [-0.05, 0) is 12.1 Å². The Morgan fingerprint density at radius 1 is 1.42 bits per heavy atom. The Morgan fingerprint density at radius 3 is 2.96 bits per heavy atom. The van der Waals surface area contributed by atoms with Gasteiger partial charge < -0.3 is 4.90 Å². The first-order valence-electron chi connectivity index (χ1n) is 7.43. The van der Waals surface area contributed by atoms with Crippen LogP contribution >= 0.6 is 11.3 Å². The van der Waals surface area contributed by atoms with E-state index in [1.807, 2.05) is 24.7 Å². The van der Waals surface area contributed by atoms with Crippen LogP contribution in [0.5, 0.6) is 0 Å². The van der Waals surface area contributed by atoms with Gasteiger partial charge in [0.2, 0.25) is 5.91 Å². The number of hydrogen-bond donors (Lipinski definition) is 0. The number of rotatable bonds is 5. The lowest BCUT2D eigenvalue weighted by atomic mass is 10.2. The number of benzene rings is 1. The number of carbonyl (C=O) groups excluding carboxylic acids is 1. The number of aromatic nitrogens is 3. The number of likely N-dealkylation sites (N-methyl/N-ethyl adjacent to an activating group) is 1. The van der Waals surface area contributed by atoms with Gasteiger partial charge in [0.05, 0.1) is 18.3 Å². The molecule has 0 radical (unpaired) electrons. The SMILES string of the molecule is CN(Cc1cnn(C)c1)C(=O)Cc1csc(-c2cccc(F)c2)n1. The highest BCUT2D eigenvalue weighted by atomic mass is 32.1. The molecule has 5 nitrogen and oxygen atoms in total. The Bertz CT molecular complexity index is 858. The molecule has 1 aromatic carbocycles. The molecule has 0 atom stereocenters. The van der Waals surface area contributed by atoms with Crippen LogP contribution in [0, 0.1) is 5.82 Å². The highest BCUT2D eigenvalue weighted by Gasteiger charge is 2.14. The molecule has 0 saturated carbocycles. The van der Waals surface area contributed by atoms with Gasteiger partial charge in [-0.15, -0.1) is 11.3 Å². The van der Waals surface area contributed by atoms with Crippen LogP contribution in [-0.4, -0.2) is 32.6 Å². The van der Waals surface area contributed by atoms with Gasteiger partial charge in [-0.1, -0.05) is 12.1 Å². The van der Waals surface area contributed by atoms with Gasteiger partial charge in [0.1, 0.15) is 10.8 Å². The molecule has 0 aliphatic carbocycles. The van der Waals surface area contributed by atoms with Crippen LogP contribution in [0.2, 0.25) is 0 Å². The Kier molecular flexibility index (Phi) is 4.71. The van der Waals surface area contributed by atoms with Crippen LogP contribution < -0.4 is 0 Å². The normalized spacial score (nSPS) is 10.8. The van der Waals surface area contributed by atoms with E-state index in [9.17, 15) is 9.18 Å². The van der Waals surface area contributed by atoms with Crippen molar-refractivity contribution >= 4 is 17.2 Å². The van der Waals surface area contributed by atoms with Gasteiger partial charge in [-0.3, -0.25) is 9.48 Å². The monoisotopic (exact) mass is 344 g/mol. The molecular weight excluding hydrogens is 327 g/mol. The molecule has 3 rings (SSSR count). The summed E-state index contributed by atoms with van der Waals surface area (Å²) in [5.74, 6) is -0.313. The fourth-order valence-corrected chi connectivity index (χ4v) is 3.16. The van der Waals surface area contributed by atoms with Crippen molar-refractivity contribution in [2.24, 2.45) is 7.05 Å². The Balaban J connectivity index is 1.64. The van der Waals surface area contributed by atoms with Crippen LogP contribution in [0.4, 0.5) is 4.39 Å². The van der Waals surface area contributed by atoms with E-state index in [1.165, 1.54) is 23.5 Å². The molecule has 0 spiro atoms. The summed E-state index contributed by atoms with van der Waals surface area (Å²) in [6.07, 6.45) is 3.85. The minimum absolute atomic E-state index is 0.0186. The first-order valence-corrected chi connectivity index (χ1v) is 8.31. The lowest BCUT2D eigenvalue weighted by Crippen LogP contribution is -2.27. The molecule has 0 unspecified atom stereocenters. The van der Waals surface area contributed by atoms with Crippen LogP contribution in [0.3, 0.4) is 0 Å². The minimum Gasteiger partial charge on any atom is -0.341 e. The highest BCUT2D eigenvalue weighted by Crippen LogP contribution is 2.24. The maximum atomic E-state index is 13.3. The fourth-order valence-electron chi connectivity index (χ4n) is 2.35. The summed E-state index contributed by atoms with van der Waals surface area (Å²) in [4.78, 5) is 18.4. The predicted octanol–water partition coefficient (Wildman–Crippen LogP) is 2.88. The van der Waals surface area contributed by atoms with E-state index in [0.29, 0.717) is 17.2 Å². The molecule has 3 aromatic rings. The third-order valence-corrected chi connectivity index (χ3v) is 4.50. The molecule has 0 saturated heterocycles. The van der Waals surface area contributed by atoms with Crippen LogP contribution in [0.25, 0.3) is 10.6 Å². The molecule has 1 amide bonds. The van der Waals surface area contributed by atoms with Gasteiger partial charge in [0.25, 0.3) is 0 Å². The van der Waals surface area contributed by atoms with Gasteiger partial charge in [0, 0.05) is 43.3 Å². The largest absolute Gasteiger partial charge is 0.341 e. The van der Waals surface area contributed by atoms with E-state index < -0.39 is 0 Å². The van der Waals surface area contributed by atoms with E-state index in [1.54, 1.807) is 28.9 Å². The third-order valence-electron chi connectivity index (χ3n) is 3.56. The zero-order chi connectivity index (χ0) is 17.1. The van der Waals surface area contributed by atoms with Crippen LogP contribution in [-0.2, 0) is 24.8 Å². The summed E-state index contributed by atoms with van der Waals surface area (Å²) in [6, 6.07) is 6.30. The molecule has 0 aliphatic heterocycles. The third kappa shape index (κ3) is 3.86. The molecule has 0 bridgehead atoms. The summed E-state index contributed by atoms with van der Waals surface area (Å²) >= 11 is 1.41. The van der Waals surface area contributed by atoms with Crippen molar-refractivity contribution in [2.45, 2.75) is 13.0 Å². The van der Waals surface area contributed by atoms with Crippen molar-refractivity contribution in [1.29, 1.82) is 0 Å². The van der Waals surface area contributed by atoms with Gasteiger partial charge in [-0.25, -0.2) is 9.37 Å². The van der Waals surface area contributed by atoms with Crippen molar-refractivity contribution in [3.05, 3.63) is 59.1 Å². The van der Waals surface area contributed by atoms with Crippen molar-refractivity contribution < 1.29 is 9.18 Å². The molecule has 0 N–H and O–H groups in total. The van der Waals surface area contributed by atoms with Crippen LogP contribution in [0.1, 0.15) is 11.3 Å². The fraction of sp³-hybridized carbons (Fsp3) is 0.235. The second kappa shape index (κ2) is 6.92. The molecule has 0 aliphatic rings. The molecule has 124 valence electrons. The second-order valence-corrected chi connectivity index (χ2v) is 6.46. The van der Waals surface area contributed by atoms with Crippen molar-refractivity contribution in [3.8, 4) is 10.6 Å². The zero-order valence-corrected chi connectivity index (χ0v) is 14.3. The number of amides is 1. The van der Waals surface area contributed by atoms with Gasteiger partial charge >= 0.3 is 0 Å². The first kappa shape index (κ1) is 16.3. The molecule has 0 fully saturated rings. The lowest BCUT2D eigenvalue weighted by Gasteiger charge is -2.15. The van der Waals surface area contributed by atoms with E-state index >= 15 is 0 Å². The molecule has 2 aromatic heterocycles.